The van der Waals surface area contributed by atoms with E-state index in [0.29, 0.717) is 12.3 Å². The number of phenols is 1. The van der Waals surface area contributed by atoms with Gasteiger partial charge in [0.2, 0.25) is 0 Å². The van der Waals surface area contributed by atoms with Gasteiger partial charge in [-0.05, 0) is 59.8 Å². The van der Waals surface area contributed by atoms with Gasteiger partial charge < -0.3 is 14.7 Å². The molecular formula is C28H25ClN4O4. The number of hydrogen-bond donors (Lipinski definition) is 2. The first-order valence-electron chi connectivity index (χ1n) is 11.5. The van der Waals surface area contributed by atoms with Crippen LogP contribution in [-0.4, -0.2) is 53.2 Å². The lowest BCUT2D eigenvalue weighted by Crippen LogP contribution is -2.33. The molecule has 0 saturated heterocycles. The summed E-state index contributed by atoms with van der Waals surface area (Å²) < 4.78 is 5.88. The molecule has 9 heteroatoms. The number of rotatable bonds is 9. The van der Waals surface area contributed by atoms with Gasteiger partial charge in [0.05, 0.1) is 11.2 Å². The molecular weight excluding hydrogens is 492 g/mol. The van der Waals surface area contributed by atoms with E-state index in [1.54, 1.807) is 30.4 Å². The average molecular weight is 517 g/mol. The topological polar surface area (TPSA) is 104 Å². The van der Waals surface area contributed by atoms with Crippen LogP contribution in [0, 0.1) is 0 Å². The molecule has 0 fully saturated rings. The molecule has 0 atom stereocenters. The summed E-state index contributed by atoms with van der Waals surface area (Å²) in [7, 11) is 1.75. The molecule has 3 aromatic carbocycles. The number of carbonyl (C=O) groups excluding carboxylic acids is 2. The molecule has 4 rings (SSSR count). The second-order valence-corrected chi connectivity index (χ2v) is 8.68. The van der Waals surface area contributed by atoms with Crippen molar-refractivity contribution >= 4 is 40.4 Å². The van der Waals surface area contributed by atoms with E-state index >= 15 is 0 Å². The number of hydrazone groups is 1. The molecule has 0 aliphatic carbocycles. The summed E-state index contributed by atoms with van der Waals surface area (Å²) in [5.74, 6) is -0.116. The number of phenolic OH excluding ortho intramolecular Hbond substituents is 1. The highest BCUT2D eigenvalue weighted by atomic mass is 35.5. The number of likely N-dealkylation sites (N-methyl/N-ethyl adjacent to an activating group) is 1. The van der Waals surface area contributed by atoms with Gasteiger partial charge in [-0.3, -0.25) is 14.6 Å². The van der Waals surface area contributed by atoms with Crippen molar-refractivity contribution in [3.63, 3.8) is 0 Å². The highest BCUT2D eigenvalue weighted by Gasteiger charge is 2.12. The van der Waals surface area contributed by atoms with Gasteiger partial charge in [0.25, 0.3) is 11.8 Å². The number of nitrogens with zero attached hydrogens (tertiary/aromatic N) is 3. The van der Waals surface area contributed by atoms with Crippen molar-refractivity contribution in [3.8, 4) is 11.5 Å². The molecule has 0 aliphatic heterocycles. The molecule has 0 bridgehead atoms. The first kappa shape index (κ1) is 25.7. The van der Waals surface area contributed by atoms with Gasteiger partial charge >= 0.3 is 0 Å². The van der Waals surface area contributed by atoms with Crippen LogP contribution in [0.1, 0.15) is 21.5 Å². The van der Waals surface area contributed by atoms with Crippen LogP contribution >= 0.6 is 11.6 Å². The molecule has 0 saturated carbocycles. The lowest BCUT2D eigenvalue weighted by Gasteiger charge is -2.18. The van der Waals surface area contributed by atoms with Crippen LogP contribution in [0.5, 0.6) is 11.5 Å². The van der Waals surface area contributed by atoms with E-state index in [1.807, 2.05) is 42.5 Å². The Balaban J connectivity index is 1.39. The monoisotopic (exact) mass is 516 g/mol. The number of benzene rings is 3. The van der Waals surface area contributed by atoms with Crippen LogP contribution in [0.25, 0.3) is 10.8 Å². The molecule has 0 aliphatic rings. The number of aromatic hydroxyl groups is 1. The first-order valence-corrected chi connectivity index (χ1v) is 11.9. The smallest absolute Gasteiger partial charge is 0.271 e. The van der Waals surface area contributed by atoms with Gasteiger partial charge in [-0.25, -0.2) is 5.43 Å². The molecule has 37 heavy (non-hydrogen) atoms. The van der Waals surface area contributed by atoms with Crippen LogP contribution in [-0.2, 0) is 11.2 Å². The summed E-state index contributed by atoms with van der Waals surface area (Å²) in [5, 5.41) is 15.3. The first-order chi connectivity index (χ1) is 17.9. The Bertz CT molecular complexity index is 1440. The van der Waals surface area contributed by atoms with Crippen LogP contribution in [0.3, 0.4) is 0 Å². The SMILES string of the molecule is CN(CCc1ccncc1)C(=O)COc1ccc(C=NNC(=O)c2ccc(O)c(Cl)c2)c2ccccc12. The summed E-state index contributed by atoms with van der Waals surface area (Å²) in [5.41, 5.74) is 4.59. The van der Waals surface area contributed by atoms with Crippen molar-refractivity contribution in [2.24, 2.45) is 5.10 Å². The lowest BCUT2D eigenvalue weighted by atomic mass is 10.0. The Kier molecular flexibility index (Phi) is 8.33. The minimum absolute atomic E-state index is 0.0802. The molecule has 0 radical (unpaired) electrons. The number of pyridine rings is 1. The second kappa shape index (κ2) is 12.0. The standard InChI is InChI=1S/C28H25ClN4O4/c1-33(15-12-19-10-13-30-14-11-19)27(35)18-37-26-9-7-21(22-4-2-3-5-23(22)26)17-31-32-28(36)20-6-8-25(34)24(29)16-20/h2-11,13-14,16-17,34H,12,15,18H2,1H3,(H,32,36). The Morgan fingerprint density at radius 1 is 1.08 bits per heavy atom. The van der Waals surface area contributed by atoms with E-state index in [4.69, 9.17) is 16.3 Å². The number of aromatic nitrogens is 1. The number of fused-ring (bicyclic) bond motifs is 1. The molecule has 1 heterocycles. The lowest BCUT2D eigenvalue weighted by molar-refractivity contribution is -0.132. The summed E-state index contributed by atoms with van der Waals surface area (Å²) in [4.78, 5) is 30.6. The fourth-order valence-electron chi connectivity index (χ4n) is 3.63. The van der Waals surface area contributed by atoms with Gasteiger partial charge in [-0.2, -0.15) is 5.10 Å². The summed E-state index contributed by atoms with van der Waals surface area (Å²) in [6.45, 7) is 0.486. The molecule has 2 amide bonds. The van der Waals surface area contributed by atoms with Crippen molar-refractivity contribution in [2.45, 2.75) is 6.42 Å². The Hall–Kier alpha value is -4.43. The van der Waals surface area contributed by atoms with Gasteiger partial charge in [0.1, 0.15) is 11.5 Å². The number of amides is 2. The van der Waals surface area contributed by atoms with Crippen molar-refractivity contribution in [3.05, 3.63) is 101 Å². The average Bonchev–Trinajstić information content (AvgIpc) is 2.92. The summed E-state index contributed by atoms with van der Waals surface area (Å²) in [6, 6.07) is 19.2. The zero-order chi connectivity index (χ0) is 26.2. The van der Waals surface area contributed by atoms with Crippen LogP contribution in [0.4, 0.5) is 0 Å². The van der Waals surface area contributed by atoms with Crippen LogP contribution in [0.2, 0.25) is 5.02 Å². The van der Waals surface area contributed by atoms with Crippen molar-refractivity contribution < 1.29 is 19.4 Å². The van der Waals surface area contributed by atoms with Crippen molar-refractivity contribution in [1.82, 2.24) is 15.3 Å². The van der Waals surface area contributed by atoms with Gasteiger partial charge in [0, 0.05) is 42.5 Å². The van der Waals surface area contributed by atoms with E-state index in [0.717, 1.165) is 28.3 Å². The van der Waals surface area contributed by atoms with E-state index in [-0.39, 0.29) is 28.8 Å². The van der Waals surface area contributed by atoms with Gasteiger partial charge in [0.15, 0.2) is 6.61 Å². The highest BCUT2D eigenvalue weighted by Crippen LogP contribution is 2.28. The van der Waals surface area contributed by atoms with E-state index in [2.05, 4.69) is 15.5 Å². The Morgan fingerprint density at radius 3 is 2.59 bits per heavy atom. The molecule has 4 aromatic rings. The zero-order valence-corrected chi connectivity index (χ0v) is 20.9. The van der Waals surface area contributed by atoms with E-state index in [9.17, 15) is 14.7 Å². The minimum Gasteiger partial charge on any atom is -0.506 e. The predicted molar refractivity (Wildman–Crippen MR) is 143 cm³/mol. The predicted octanol–water partition coefficient (Wildman–Crippen LogP) is 4.44. The van der Waals surface area contributed by atoms with Gasteiger partial charge in [-0.15, -0.1) is 0 Å². The maximum atomic E-state index is 12.6. The molecule has 0 spiro atoms. The summed E-state index contributed by atoms with van der Waals surface area (Å²) in [6.07, 6.45) is 5.74. The molecule has 0 unspecified atom stereocenters. The van der Waals surface area contributed by atoms with Crippen LogP contribution < -0.4 is 10.2 Å². The fraction of sp³-hybridized carbons (Fsp3) is 0.143. The third-order valence-electron chi connectivity index (χ3n) is 5.76. The largest absolute Gasteiger partial charge is 0.506 e. The van der Waals surface area contributed by atoms with Crippen molar-refractivity contribution in [1.29, 1.82) is 0 Å². The number of ether oxygens (including phenoxy) is 1. The minimum atomic E-state index is -0.464. The Labute approximate surface area is 219 Å². The normalized spacial score (nSPS) is 11.0. The number of halogens is 1. The third kappa shape index (κ3) is 6.62. The summed E-state index contributed by atoms with van der Waals surface area (Å²) >= 11 is 5.87. The van der Waals surface area contributed by atoms with Crippen molar-refractivity contribution in [2.75, 3.05) is 20.2 Å². The number of hydrogen-bond acceptors (Lipinski definition) is 6. The highest BCUT2D eigenvalue weighted by molar-refractivity contribution is 6.32. The molecule has 8 nitrogen and oxygen atoms in total. The van der Waals surface area contributed by atoms with Gasteiger partial charge in [-0.1, -0.05) is 35.9 Å². The Morgan fingerprint density at radius 2 is 1.84 bits per heavy atom. The van der Waals surface area contributed by atoms with Crippen LogP contribution in [0.15, 0.2) is 84.2 Å². The molecule has 188 valence electrons. The quantitative estimate of drug-likeness (QED) is 0.253. The zero-order valence-electron chi connectivity index (χ0n) is 20.1. The second-order valence-electron chi connectivity index (χ2n) is 8.27. The molecule has 2 N–H and O–H groups in total. The van der Waals surface area contributed by atoms with E-state index in [1.165, 1.54) is 24.4 Å². The maximum absolute atomic E-state index is 12.6. The molecule has 1 aromatic heterocycles. The maximum Gasteiger partial charge on any atom is 0.271 e. The third-order valence-corrected chi connectivity index (χ3v) is 6.06. The fourth-order valence-corrected chi connectivity index (χ4v) is 3.81. The number of carbonyl (C=O) groups is 2. The van der Waals surface area contributed by atoms with E-state index < -0.39 is 5.91 Å². The number of nitrogens with one attached hydrogen (secondary N) is 1.